The molecule has 1 aromatic carbocycles. The first-order chi connectivity index (χ1) is 10.0. The molecular weight excluding hydrogens is 372 g/mol. The number of nitrogens with one attached hydrogen (secondary N) is 1. The molecule has 6 nitrogen and oxygen atoms in total. The minimum atomic E-state index is -3.94. The van der Waals surface area contributed by atoms with Gasteiger partial charge in [0.05, 0.1) is 4.90 Å². The van der Waals surface area contributed by atoms with Crippen LogP contribution in [0.4, 0.5) is 5.69 Å². The number of hydrogen-bond acceptors (Lipinski definition) is 4. The van der Waals surface area contributed by atoms with Gasteiger partial charge in [0.25, 0.3) is 0 Å². The predicted molar refractivity (Wildman–Crippen MR) is 89.7 cm³/mol. The molecule has 1 atom stereocenters. The van der Waals surface area contributed by atoms with E-state index in [0.29, 0.717) is 10.2 Å². The predicted octanol–water partition coefficient (Wildman–Crippen LogP) is 2.29. The van der Waals surface area contributed by atoms with E-state index in [2.05, 4.69) is 20.7 Å². The average Bonchev–Trinajstić information content (AvgIpc) is 2.36. The fourth-order valence-electron chi connectivity index (χ4n) is 1.90. The van der Waals surface area contributed by atoms with Crippen LogP contribution >= 0.6 is 15.9 Å². The molecule has 0 saturated heterocycles. The Hall–Kier alpha value is -1.12. The highest BCUT2D eigenvalue weighted by molar-refractivity contribution is 9.10. The molecule has 0 heterocycles. The number of nitrogens with zero attached hydrogens (tertiary/aromatic N) is 1. The number of benzene rings is 1. The van der Waals surface area contributed by atoms with Crippen LogP contribution in [0.5, 0.6) is 0 Å². The highest BCUT2D eigenvalue weighted by Gasteiger charge is 2.27. The molecule has 0 aliphatic rings. The number of sulfonamides is 1. The lowest BCUT2D eigenvalue weighted by Crippen LogP contribution is -2.41. The first-order valence-corrected chi connectivity index (χ1v) is 9.04. The van der Waals surface area contributed by atoms with Crippen molar-refractivity contribution in [2.75, 3.05) is 19.0 Å². The standard InChI is InChI=1S/C14H21BrN2O4S/c1-9(2)7-12(14(18)19)16-22(20,21)13-8-10(17(3)4)5-6-11(13)15/h5-6,8-9,12,16H,7H2,1-4H3,(H,18,19)/t12-/m0/s1. The lowest BCUT2D eigenvalue weighted by atomic mass is 10.1. The number of hydrogen-bond donors (Lipinski definition) is 2. The summed E-state index contributed by atoms with van der Waals surface area (Å²) in [5.74, 6) is -1.13. The molecule has 0 amide bonds. The number of carboxylic acid groups (broad SMARTS) is 1. The molecule has 22 heavy (non-hydrogen) atoms. The van der Waals surface area contributed by atoms with Gasteiger partial charge in [0.15, 0.2) is 0 Å². The van der Waals surface area contributed by atoms with E-state index in [-0.39, 0.29) is 17.2 Å². The van der Waals surface area contributed by atoms with Crippen LogP contribution in [0.1, 0.15) is 20.3 Å². The third-order valence-electron chi connectivity index (χ3n) is 3.02. The summed E-state index contributed by atoms with van der Waals surface area (Å²) in [5.41, 5.74) is 0.708. The summed E-state index contributed by atoms with van der Waals surface area (Å²) in [7, 11) is -0.346. The van der Waals surface area contributed by atoms with E-state index in [4.69, 9.17) is 0 Å². The molecule has 0 saturated carbocycles. The minimum Gasteiger partial charge on any atom is -0.480 e. The molecule has 0 spiro atoms. The molecule has 0 bridgehead atoms. The third-order valence-corrected chi connectivity index (χ3v) is 5.49. The number of anilines is 1. The molecule has 0 unspecified atom stereocenters. The van der Waals surface area contributed by atoms with Crippen molar-refractivity contribution in [3.63, 3.8) is 0 Å². The van der Waals surface area contributed by atoms with Gasteiger partial charge in [-0.25, -0.2) is 8.42 Å². The van der Waals surface area contributed by atoms with E-state index in [1.54, 1.807) is 31.1 Å². The fourth-order valence-corrected chi connectivity index (χ4v) is 4.08. The van der Waals surface area contributed by atoms with Gasteiger partial charge >= 0.3 is 5.97 Å². The van der Waals surface area contributed by atoms with Crippen molar-refractivity contribution in [3.8, 4) is 0 Å². The fraction of sp³-hybridized carbons (Fsp3) is 0.500. The zero-order chi connectivity index (χ0) is 17.1. The van der Waals surface area contributed by atoms with Gasteiger partial charge in [-0.3, -0.25) is 4.79 Å². The van der Waals surface area contributed by atoms with Crippen LogP contribution in [0.25, 0.3) is 0 Å². The SMILES string of the molecule is CC(C)C[C@H](NS(=O)(=O)c1cc(N(C)C)ccc1Br)C(=O)O. The van der Waals surface area contributed by atoms with Gasteiger partial charge in [0.1, 0.15) is 6.04 Å². The van der Waals surface area contributed by atoms with Gasteiger partial charge in [-0.05, 0) is 46.5 Å². The van der Waals surface area contributed by atoms with E-state index in [1.165, 1.54) is 6.07 Å². The van der Waals surface area contributed by atoms with Crippen LogP contribution in [0.2, 0.25) is 0 Å². The maximum Gasteiger partial charge on any atom is 0.321 e. The van der Waals surface area contributed by atoms with Crippen molar-refractivity contribution >= 4 is 37.6 Å². The van der Waals surface area contributed by atoms with Gasteiger partial charge < -0.3 is 10.0 Å². The van der Waals surface area contributed by atoms with Crippen LogP contribution in [0.15, 0.2) is 27.6 Å². The van der Waals surface area contributed by atoms with Crippen LogP contribution in [-0.4, -0.2) is 39.6 Å². The summed E-state index contributed by atoms with van der Waals surface area (Å²) in [5, 5.41) is 9.20. The lowest BCUT2D eigenvalue weighted by Gasteiger charge is -2.19. The molecule has 0 aliphatic carbocycles. The summed E-state index contributed by atoms with van der Waals surface area (Å²) in [4.78, 5) is 13.1. The quantitative estimate of drug-likeness (QED) is 0.743. The van der Waals surface area contributed by atoms with Gasteiger partial charge in [-0.15, -0.1) is 0 Å². The highest BCUT2D eigenvalue weighted by Crippen LogP contribution is 2.27. The second-order valence-electron chi connectivity index (χ2n) is 5.65. The Balaban J connectivity index is 3.18. The summed E-state index contributed by atoms with van der Waals surface area (Å²) < 4.78 is 27.7. The lowest BCUT2D eigenvalue weighted by molar-refractivity contribution is -0.139. The number of halogens is 1. The second kappa shape index (κ2) is 7.43. The van der Waals surface area contributed by atoms with Gasteiger partial charge in [-0.2, -0.15) is 4.72 Å². The van der Waals surface area contributed by atoms with E-state index >= 15 is 0 Å². The third kappa shape index (κ3) is 4.96. The molecule has 1 aromatic rings. The van der Waals surface area contributed by atoms with Gasteiger partial charge in [-0.1, -0.05) is 13.8 Å². The van der Waals surface area contributed by atoms with Crippen LogP contribution < -0.4 is 9.62 Å². The van der Waals surface area contributed by atoms with E-state index < -0.39 is 22.0 Å². The van der Waals surface area contributed by atoms with Crippen molar-refractivity contribution < 1.29 is 18.3 Å². The molecule has 124 valence electrons. The number of rotatable bonds is 7. The molecule has 0 aromatic heterocycles. The van der Waals surface area contributed by atoms with Crippen molar-refractivity contribution in [3.05, 3.63) is 22.7 Å². The Kier molecular flexibility index (Phi) is 6.39. The smallest absolute Gasteiger partial charge is 0.321 e. The van der Waals surface area contributed by atoms with E-state index in [9.17, 15) is 18.3 Å². The molecule has 0 aliphatic heterocycles. The molecular formula is C14H21BrN2O4S. The maximum absolute atomic E-state index is 12.5. The Morgan fingerprint density at radius 1 is 1.36 bits per heavy atom. The van der Waals surface area contributed by atoms with E-state index in [1.807, 2.05) is 13.8 Å². The molecule has 0 radical (unpaired) electrons. The summed E-state index contributed by atoms with van der Waals surface area (Å²) in [6.45, 7) is 3.68. The van der Waals surface area contributed by atoms with Crippen molar-refractivity contribution in [1.29, 1.82) is 0 Å². The number of carboxylic acids is 1. The number of aliphatic carboxylic acids is 1. The molecule has 2 N–H and O–H groups in total. The Morgan fingerprint density at radius 2 is 1.95 bits per heavy atom. The second-order valence-corrected chi connectivity index (χ2v) is 8.19. The summed E-state index contributed by atoms with van der Waals surface area (Å²) >= 11 is 3.21. The van der Waals surface area contributed by atoms with Crippen molar-refractivity contribution in [2.24, 2.45) is 5.92 Å². The van der Waals surface area contributed by atoms with Crippen LogP contribution in [0.3, 0.4) is 0 Å². The van der Waals surface area contributed by atoms with Crippen LogP contribution in [-0.2, 0) is 14.8 Å². The molecule has 0 fully saturated rings. The van der Waals surface area contributed by atoms with Crippen molar-refractivity contribution in [2.45, 2.75) is 31.2 Å². The number of carbonyl (C=O) groups is 1. The Morgan fingerprint density at radius 3 is 2.41 bits per heavy atom. The van der Waals surface area contributed by atoms with Gasteiger partial charge in [0, 0.05) is 24.3 Å². The Bertz CT molecular complexity index is 644. The molecule has 1 rings (SSSR count). The topological polar surface area (TPSA) is 86.7 Å². The highest BCUT2D eigenvalue weighted by atomic mass is 79.9. The maximum atomic E-state index is 12.5. The largest absolute Gasteiger partial charge is 0.480 e. The molecule has 8 heteroatoms. The first-order valence-electron chi connectivity index (χ1n) is 6.76. The van der Waals surface area contributed by atoms with Crippen molar-refractivity contribution in [1.82, 2.24) is 4.72 Å². The zero-order valence-corrected chi connectivity index (χ0v) is 15.4. The normalized spacial score (nSPS) is 13.2. The van der Waals surface area contributed by atoms with E-state index in [0.717, 1.165) is 0 Å². The minimum absolute atomic E-state index is 0.0220. The van der Waals surface area contributed by atoms with Crippen LogP contribution in [0, 0.1) is 5.92 Å². The van der Waals surface area contributed by atoms with Gasteiger partial charge in [0.2, 0.25) is 10.0 Å². The average molecular weight is 393 g/mol. The first kappa shape index (κ1) is 18.9. The Labute approximate surface area is 139 Å². The zero-order valence-electron chi connectivity index (χ0n) is 13.0. The summed E-state index contributed by atoms with van der Waals surface area (Å²) in [6.07, 6.45) is 0.222. The monoisotopic (exact) mass is 392 g/mol. The summed E-state index contributed by atoms with van der Waals surface area (Å²) in [6, 6.07) is 3.74.